The number of hydrogen-bond acceptors (Lipinski definition) is 3. The molecule has 4 nitrogen and oxygen atoms in total. The maximum Gasteiger partial charge on any atom is 0.222 e. The Hall–Kier alpha value is -1.78. The average Bonchev–Trinajstić information content (AvgIpc) is 2.65. The third kappa shape index (κ3) is 5.36. The molecule has 1 aliphatic heterocycles. The van der Waals surface area contributed by atoms with Crippen molar-refractivity contribution in [3.63, 3.8) is 0 Å². The minimum absolute atomic E-state index is 0. The zero-order chi connectivity index (χ0) is 17.5. The van der Waals surface area contributed by atoms with E-state index in [1.165, 1.54) is 11.8 Å². The highest BCUT2D eigenvalue weighted by Gasteiger charge is 2.22. The Labute approximate surface area is 162 Å². The van der Waals surface area contributed by atoms with Gasteiger partial charge in [-0.25, -0.2) is 0 Å². The summed E-state index contributed by atoms with van der Waals surface area (Å²) in [6, 6.07) is 14.3. The SMILES string of the molecule is CNCC1CCCN(C(=O)CCCOc2cccc3ccccc23)C1.Cl. The van der Waals surface area contributed by atoms with E-state index in [9.17, 15) is 4.79 Å². The van der Waals surface area contributed by atoms with Crippen LogP contribution in [-0.2, 0) is 4.79 Å². The molecule has 1 heterocycles. The smallest absolute Gasteiger partial charge is 0.222 e. The Balaban J connectivity index is 0.00000243. The molecule has 2 aromatic rings. The van der Waals surface area contributed by atoms with Gasteiger partial charge in [-0.3, -0.25) is 4.79 Å². The third-order valence-electron chi connectivity index (χ3n) is 4.91. The van der Waals surface area contributed by atoms with Gasteiger partial charge in [-0.05, 0) is 50.2 Å². The Morgan fingerprint density at radius 2 is 2.04 bits per heavy atom. The van der Waals surface area contributed by atoms with Crippen molar-refractivity contribution < 1.29 is 9.53 Å². The summed E-state index contributed by atoms with van der Waals surface area (Å²) < 4.78 is 5.94. The number of ether oxygens (including phenoxy) is 1. The summed E-state index contributed by atoms with van der Waals surface area (Å²) in [5.74, 6) is 1.76. The highest BCUT2D eigenvalue weighted by atomic mass is 35.5. The lowest BCUT2D eigenvalue weighted by molar-refractivity contribution is -0.133. The van der Waals surface area contributed by atoms with Crippen molar-refractivity contribution in [3.8, 4) is 5.75 Å². The lowest BCUT2D eigenvalue weighted by Gasteiger charge is -2.32. The molecule has 0 aliphatic carbocycles. The normalized spacial score (nSPS) is 17.0. The molecule has 142 valence electrons. The van der Waals surface area contributed by atoms with Crippen LogP contribution in [0.15, 0.2) is 42.5 Å². The topological polar surface area (TPSA) is 41.6 Å². The first-order valence-corrected chi connectivity index (χ1v) is 9.31. The number of nitrogens with one attached hydrogen (secondary N) is 1. The second kappa shape index (κ2) is 10.4. The minimum Gasteiger partial charge on any atom is -0.493 e. The molecule has 1 atom stereocenters. The van der Waals surface area contributed by atoms with E-state index in [0.717, 1.165) is 43.6 Å². The molecule has 1 amide bonds. The van der Waals surface area contributed by atoms with E-state index < -0.39 is 0 Å². The fraction of sp³-hybridized carbons (Fsp3) is 0.476. The Morgan fingerprint density at radius 3 is 2.88 bits per heavy atom. The molecule has 0 aromatic heterocycles. The molecule has 0 saturated carbocycles. The van der Waals surface area contributed by atoms with Crippen LogP contribution >= 0.6 is 12.4 Å². The second-order valence-electron chi connectivity index (χ2n) is 6.83. The van der Waals surface area contributed by atoms with Crippen LogP contribution in [0.1, 0.15) is 25.7 Å². The first-order chi connectivity index (χ1) is 12.3. The average molecular weight is 377 g/mol. The maximum atomic E-state index is 12.4. The van der Waals surface area contributed by atoms with E-state index in [1.54, 1.807) is 0 Å². The van der Waals surface area contributed by atoms with E-state index >= 15 is 0 Å². The summed E-state index contributed by atoms with van der Waals surface area (Å²) in [7, 11) is 1.98. The zero-order valence-corrected chi connectivity index (χ0v) is 16.3. The summed E-state index contributed by atoms with van der Waals surface area (Å²) in [6.45, 7) is 3.37. The standard InChI is InChI=1S/C21H28N2O2.ClH/c1-22-15-17-7-5-13-23(16-17)21(24)12-6-14-25-20-11-4-9-18-8-2-3-10-19(18)20;/h2-4,8-11,17,22H,5-7,12-16H2,1H3;1H. The molecule has 0 bridgehead atoms. The van der Waals surface area contributed by atoms with Crippen molar-refractivity contribution in [3.05, 3.63) is 42.5 Å². The van der Waals surface area contributed by atoms with Crippen LogP contribution in [0.25, 0.3) is 10.8 Å². The molecule has 0 spiro atoms. The maximum absolute atomic E-state index is 12.4. The Morgan fingerprint density at radius 1 is 1.23 bits per heavy atom. The van der Waals surface area contributed by atoms with Crippen molar-refractivity contribution in [1.29, 1.82) is 0 Å². The summed E-state index contributed by atoms with van der Waals surface area (Å²) in [5, 5.41) is 5.53. The van der Waals surface area contributed by atoms with Crippen LogP contribution in [0.4, 0.5) is 0 Å². The fourth-order valence-electron chi connectivity index (χ4n) is 3.63. The van der Waals surface area contributed by atoms with Crippen LogP contribution in [-0.4, -0.2) is 44.1 Å². The molecule has 0 radical (unpaired) electrons. The molecule has 1 fully saturated rings. The van der Waals surface area contributed by atoms with Crippen LogP contribution in [0, 0.1) is 5.92 Å². The van der Waals surface area contributed by atoms with E-state index in [1.807, 2.05) is 36.2 Å². The first kappa shape index (κ1) is 20.5. The first-order valence-electron chi connectivity index (χ1n) is 9.31. The molecule has 1 aliphatic rings. The lowest BCUT2D eigenvalue weighted by Crippen LogP contribution is -2.42. The van der Waals surface area contributed by atoms with Crippen molar-refractivity contribution in [2.75, 3.05) is 33.3 Å². The van der Waals surface area contributed by atoms with Gasteiger partial charge in [0.1, 0.15) is 5.75 Å². The fourth-order valence-corrected chi connectivity index (χ4v) is 3.63. The lowest BCUT2D eigenvalue weighted by atomic mass is 9.97. The number of hydrogen-bond donors (Lipinski definition) is 1. The second-order valence-corrected chi connectivity index (χ2v) is 6.83. The number of likely N-dealkylation sites (tertiary alicyclic amines) is 1. The van der Waals surface area contributed by atoms with Gasteiger partial charge in [0.25, 0.3) is 0 Å². The van der Waals surface area contributed by atoms with Gasteiger partial charge in [0.05, 0.1) is 6.61 Å². The largest absolute Gasteiger partial charge is 0.493 e. The number of carbonyl (C=O) groups is 1. The van der Waals surface area contributed by atoms with E-state index in [-0.39, 0.29) is 18.3 Å². The zero-order valence-electron chi connectivity index (χ0n) is 15.4. The summed E-state index contributed by atoms with van der Waals surface area (Å²) >= 11 is 0. The number of halogens is 1. The summed E-state index contributed by atoms with van der Waals surface area (Å²) in [5.41, 5.74) is 0. The van der Waals surface area contributed by atoms with Gasteiger partial charge in [0, 0.05) is 24.9 Å². The molecular formula is C21H29ClN2O2. The third-order valence-corrected chi connectivity index (χ3v) is 4.91. The van der Waals surface area contributed by atoms with Crippen LogP contribution in [0.5, 0.6) is 5.75 Å². The number of rotatable bonds is 7. The molecule has 1 unspecified atom stereocenters. The van der Waals surface area contributed by atoms with Gasteiger partial charge >= 0.3 is 0 Å². The number of fused-ring (bicyclic) bond motifs is 1. The highest BCUT2D eigenvalue weighted by Crippen LogP contribution is 2.25. The number of amides is 1. The van der Waals surface area contributed by atoms with E-state index in [2.05, 4.69) is 23.5 Å². The Bertz CT molecular complexity index is 700. The van der Waals surface area contributed by atoms with Crippen molar-refractivity contribution in [2.24, 2.45) is 5.92 Å². The molecule has 1 N–H and O–H groups in total. The molecule has 5 heteroatoms. The minimum atomic E-state index is 0. The van der Waals surface area contributed by atoms with Gasteiger partial charge in [-0.15, -0.1) is 12.4 Å². The molecule has 3 rings (SSSR count). The van der Waals surface area contributed by atoms with Gasteiger partial charge in [-0.2, -0.15) is 0 Å². The van der Waals surface area contributed by atoms with Gasteiger partial charge in [-0.1, -0.05) is 36.4 Å². The summed E-state index contributed by atoms with van der Waals surface area (Å²) in [6.07, 6.45) is 3.66. The monoisotopic (exact) mass is 376 g/mol. The van der Waals surface area contributed by atoms with Crippen LogP contribution in [0.2, 0.25) is 0 Å². The van der Waals surface area contributed by atoms with Crippen molar-refractivity contribution in [1.82, 2.24) is 10.2 Å². The molecular weight excluding hydrogens is 348 g/mol. The van der Waals surface area contributed by atoms with Crippen molar-refractivity contribution in [2.45, 2.75) is 25.7 Å². The number of benzene rings is 2. The number of carbonyl (C=O) groups excluding carboxylic acids is 1. The number of nitrogens with zero attached hydrogens (tertiary/aromatic N) is 1. The quantitative estimate of drug-likeness (QED) is 0.745. The van der Waals surface area contributed by atoms with E-state index in [0.29, 0.717) is 18.9 Å². The number of piperidine rings is 1. The van der Waals surface area contributed by atoms with Gasteiger partial charge in [0.15, 0.2) is 0 Å². The van der Waals surface area contributed by atoms with Gasteiger partial charge in [0.2, 0.25) is 5.91 Å². The highest BCUT2D eigenvalue weighted by molar-refractivity contribution is 5.88. The molecule has 26 heavy (non-hydrogen) atoms. The predicted molar refractivity (Wildman–Crippen MR) is 109 cm³/mol. The molecule has 2 aromatic carbocycles. The Kier molecular flexibility index (Phi) is 8.20. The summed E-state index contributed by atoms with van der Waals surface area (Å²) in [4.78, 5) is 14.5. The van der Waals surface area contributed by atoms with Gasteiger partial charge < -0.3 is 15.0 Å². The predicted octanol–water partition coefficient (Wildman–Crippen LogP) is 3.88. The van der Waals surface area contributed by atoms with Crippen LogP contribution in [0.3, 0.4) is 0 Å². The molecule has 1 saturated heterocycles. The van der Waals surface area contributed by atoms with Crippen molar-refractivity contribution >= 4 is 29.1 Å². The van der Waals surface area contributed by atoms with Crippen LogP contribution < -0.4 is 10.1 Å². The van der Waals surface area contributed by atoms with E-state index in [4.69, 9.17) is 4.74 Å².